The quantitative estimate of drug-likeness (QED) is 0.662. The van der Waals surface area contributed by atoms with Crippen LogP contribution in [-0.4, -0.2) is 23.3 Å². The first-order chi connectivity index (χ1) is 6.09. The summed E-state index contributed by atoms with van der Waals surface area (Å²) in [5.41, 5.74) is 0. The molecule has 5 unspecified atom stereocenters. The Balaban J connectivity index is 2.00. The molecule has 1 saturated heterocycles. The number of carboxylic acid groups (broad SMARTS) is 1. The average molecular weight is 184 g/mol. The van der Waals surface area contributed by atoms with Crippen LogP contribution in [0, 0.1) is 17.8 Å². The van der Waals surface area contributed by atoms with Crippen molar-refractivity contribution in [3.63, 3.8) is 0 Å². The second-order valence-corrected chi connectivity index (χ2v) is 4.45. The predicted octanol–water partition coefficient (Wildman–Crippen LogP) is 1.52. The molecule has 74 valence electrons. The molecular formula is C10H16O3. The highest BCUT2D eigenvalue weighted by Gasteiger charge is 2.48. The topological polar surface area (TPSA) is 49.8 Å². The normalized spacial score (nSPS) is 45.1. The molecule has 13 heavy (non-hydrogen) atoms. The van der Waals surface area contributed by atoms with Gasteiger partial charge in [-0.25, -0.2) is 0 Å². The lowest BCUT2D eigenvalue weighted by atomic mass is 9.74. The van der Waals surface area contributed by atoms with Gasteiger partial charge in [0.1, 0.15) is 0 Å². The van der Waals surface area contributed by atoms with E-state index in [9.17, 15) is 4.79 Å². The van der Waals surface area contributed by atoms with Gasteiger partial charge in [-0.2, -0.15) is 0 Å². The van der Waals surface area contributed by atoms with E-state index >= 15 is 0 Å². The van der Waals surface area contributed by atoms with Gasteiger partial charge in [0.05, 0.1) is 18.1 Å². The van der Waals surface area contributed by atoms with Crippen LogP contribution in [0.2, 0.25) is 0 Å². The largest absolute Gasteiger partial charge is 0.481 e. The van der Waals surface area contributed by atoms with Gasteiger partial charge in [-0.05, 0) is 24.7 Å². The zero-order chi connectivity index (χ0) is 9.59. The van der Waals surface area contributed by atoms with Gasteiger partial charge >= 0.3 is 5.97 Å². The number of rotatable bonds is 2. The van der Waals surface area contributed by atoms with E-state index in [0.717, 1.165) is 12.8 Å². The van der Waals surface area contributed by atoms with Crippen molar-refractivity contribution in [2.24, 2.45) is 17.8 Å². The van der Waals surface area contributed by atoms with Crippen LogP contribution in [0.25, 0.3) is 0 Å². The van der Waals surface area contributed by atoms with E-state index in [2.05, 4.69) is 6.92 Å². The Hall–Kier alpha value is -0.570. The minimum Gasteiger partial charge on any atom is -0.481 e. The van der Waals surface area contributed by atoms with Gasteiger partial charge < -0.3 is 9.84 Å². The molecule has 0 spiro atoms. The fourth-order valence-electron chi connectivity index (χ4n) is 2.52. The monoisotopic (exact) mass is 184 g/mol. The number of fused-ring (bicyclic) bond motifs is 1. The standard InChI is InChI=1S/C10H16O3/c1-5-3-8-9(13-8)4-7(5)6(2)10(11)12/h5-9H,3-4H2,1-2H3,(H,11,12). The van der Waals surface area contributed by atoms with E-state index in [0.29, 0.717) is 24.0 Å². The van der Waals surface area contributed by atoms with E-state index in [1.165, 1.54) is 0 Å². The van der Waals surface area contributed by atoms with Crippen LogP contribution in [0.15, 0.2) is 0 Å². The third kappa shape index (κ3) is 1.57. The van der Waals surface area contributed by atoms with Crippen molar-refractivity contribution in [2.75, 3.05) is 0 Å². The highest BCUT2D eigenvalue weighted by molar-refractivity contribution is 5.69. The molecule has 0 aromatic heterocycles. The van der Waals surface area contributed by atoms with Crippen LogP contribution < -0.4 is 0 Å². The van der Waals surface area contributed by atoms with Crippen molar-refractivity contribution in [1.82, 2.24) is 0 Å². The number of aliphatic carboxylic acids is 1. The fraction of sp³-hybridized carbons (Fsp3) is 0.900. The first-order valence-electron chi connectivity index (χ1n) is 4.98. The predicted molar refractivity (Wildman–Crippen MR) is 47.3 cm³/mol. The van der Waals surface area contributed by atoms with Gasteiger partial charge in [0.15, 0.2) is 0 Å². The maximum atomic E-state index is 10.8. The van der Waals surface area contributed by atoms with Crippen LogP contribution >= 0.6 is 0 Å². The number of carboxylic acids is 1. The minimum absolute atomic E-state index is 0.222. The van der Waals surface area contributed by atoms with E-state index in [1.807, 2.05) is 6.92 Å². The highest BCUT2D eigenvalue weighted by Crippen LogP contribution is 2.45. The summed E-state index contributed by atoms with van der Waals surface area (Å²) in [5, 5.41) is 8.91. The third-order valence-electron chi connectivity index (χ3n) is 3.56. The lowest BCUT2D eigenvalue weighted by Crippen LogP contribution is -2.31. The molecular weight excluding hydrogens is 168 g/mol. The fourth-order valence-corrected chi connectivity index (χ4v) is 2.52. The summed E-state index contributed by atoms with van der Waals surface area (Å²) in [6.45, 7) is 3.95. The summed E-state index contributed by atoms with van der Waals surface area (Å²) < 4.78 is 5.42. The zero-order valence-corrected chi connectivity index (χ0v) is 8.06. The van der Waals surface area contributed by atoms with Gasteiger partial charge in [0, 0.05) is 0 Å². The van der Waals surface area contributed by atoms with Crippen molar-refractivity contribution in [1.29, 1.82) is 0 Å². The minimum atomic E-state index is -0.670. The van der Waals surface area contributed by atoms with Crippen LogP contribution in [0.5, 0.6) is 0 Å². The molecule has 1 aliphatic carbocycles. The van der Waals surface area contributed by atoms with Gasteiger partial charge in [0.25, 0.3) is 0 Å². The second kappa shape index (κ2) is 2.98. The molecule has 5 atom stereocenters. The molecule has 1 N–H and O–H groups in total. The Kier molecular flexibility index (Phi) is 2.06. The molecule has 0 bridgehead atoms. The molecule has 0 amide bonds. The zero-order valence-electron chi connectivity index (χ0n) is 8.06. The van der Waals surface area contributed by atoms with E-state index in [-0.39, 0.29) is 5.92 Å². The summed E-state index contributed by atoms with van der Waals surface area (Å²) in [5.74, 6) is -0.0906. The number of epoxide rings is 1. The molecule has 2 rings (SSSR count). The van der Waals surface area contributed by atoms with Crippen LogP contribution in [-0.2, 0) is 9.53 Å². The van der Waals surface area contributed by atoms with Crippen molar-refractivity contribution in [3.05, 3.63) is 0 Å². The summed E-state index contributed by atoms with van der Waals surface area (Å²) in [6.07, 6.45) is 2.82. The SMILES string of the molecule is CC1CC2OC2CC1C(C)C(=O)O. The number of carbonyl (C=O) groups is 1. The average Bonchev–Trinajstić information content (AvgIpc) is 2.79. The smallest absolute Gasteiger partial charge is 0.306 e. The maximum Gasteiger partial charge on any atom is 0.306 e. The Morgan fingerprint density at radius 2 is 2.08 bits per heavy atom. The maximum absolute atomic E-state index is 10.8. The molecule has 0 aromatic carbocycles. The molecule has 1 aliphatic heterocycles. The Labute approximate surface area is 78.1 Å². The number of hydrogen-bond donors (Lipinski definition) is 1. The Bertz CT molecular complexity index is 226. The molecule has 1 saturated carbocycles. The number of ether oxygens (including phenoxy) is 1. The molecule has 1 heterocycles. The molecule has 2 aliphatic rings. The van der Waals surface area contributed by atoms with Crippen molar-refractivity contribution < 1.29 is 14.6 Å². The summed E-state index contributed by atoms with van der Waals surface area (Å²) >= 11 is 0. The van der Waals surface area contributed by atoms with Crippen LogP contribution in [0.4, 0.5) is 0 Å². The highest BCUT2D eigenvalue weighted by atomic mass is 16.6. The van der Waals surface area contributed by atoms with Gasteiger partial charge in [0.2, 0.25) is 0 Å². The Morgan fingerprint density at radius 3 is 2.69 bits per heavy atom. The van der Waals surface area contributed by atoms with Crippen molar-refractivity contribution in [2.45, 2.75) is 38.9 Å². The van der Waals surface area contributed by atoms with Crippen LogP contribution in [0.1, 0.15) is 26.7 Å². The Morgan fingerprint density at radius 1 is 1.46 bits per heavy atom. The van der Waals surface area contributed by atoms with E-state index in [1.54, 1.807) is 0 Å². The van der Waals surface area contributed by atoms with Gasteiger partial charge in [-0.1, -0.05) is 13.8 Å². The van der Waals surface area contributed by atoms with Crippen LogP contribution in [0.3, 0.4) is 0 Å². The molecule has 3 heteroatoms. The third-order valence-corrected chi connectivity index (χ3v) is 3.56. The molecule has 0 aromatic rings. The van der Waals surface area contributed by atoms with Crippen molar-refractivity contribution >= 4 is 5.97 Å². The first-order valence-corrected chi connectivity index (χ1v) is 4.98. The number of hydrogen-bond acceptors (Lipinski definition) is 2. The molecule has 3 nitrogen and oxygen atoms in total. The molecule has 2 fully saturated rings. The lowest BCUT2D eigenvalue weighted by molar-refractivity contribution is -0.144. The first kappa shape index (κ1) is 9.00. The van der Waals surface area contributed by atoms with E-state index < -0.39 is 5.97 Å². The summed E-state index contributed by atoms with van der Waals surface area (Å²) in [4.78, 5) is 10.8. The van der Waals surface area contributed by atoms with Gasteiger partial charge in [-0.15, -0.1) is 0 Å². The van der Waals surface area contributed by atoms with Crippen molar-refractivity contribution in [3.8, 4) is 0 Å². The van der Waals surface area contributed by atoms with E-state index in [4.69, 9.17) is 9.84 Å². The summed E-state index contributed by atoms with van der Waals surface area (Å²) in [6, 6.07) is 0. The molecule has 0 radical (unpaired) electrons. The summed E-state index contributed by atoms with van der Waals surface area (Å²) in [7, 11) is 0. The van der Waals surface area contributed by atoms with Gasteiger partial charge in [-0.3, -0.25) is 4.79 Å². The lowest BCUT2D eigenvalue weighted by Gasteiger charge is -2.29. The second-order valence-electron chi connectivity index (χ2n) is 4.45.